The summed E-state index contributed by atoms with van der Waals surface area (Å²) < 4.78 is 16.1. The van der Waals surface area contributed by atoms with Crippen molar-refractivity contribution < 1.29 is 4.39 Å². The van der Waals surface area contributed by atoms with Crippen LogP contribution in [0.15, 0.2) is 35.1 Å². The predicted octanol–water partition coefficient (Wildman–Crippen LogP) is 3.71. The van der Waals surface area contributed by atoms with Crippen molar-refractivity contribution in [1.82, 2.24) is 24.5 Å². The highest BCUT2D eigenvalue weighted by atomic mass is 79.9. The number of halogens is 2. The highest BCUT2D eigenvalue weighted by molar-refractivity contribution is 9.10. The Morgan fingerprint density at radius 1 is 1.32 bits per heavy atom. The van der Waals surface area contributed by atoms with E-state index in [2.05, 4.69) is 42.0 Å². The quantitative estimate of drug-likeness (QED) is 0.668. The van der Waals surface area contributed by atoms with Gasteiger partial charge in [0, 0.05) is 24.7 Å². The highest BCUT2D eigenvalue weighted by Gasteiger charge is 2.24. The van der Waals surface area contributed by atoms with Crippen molar-refractivity contribution in [2.75, 3.05) is 13.1 Å². The molecular weight excluding hydrogens is 385 g/mol. The lowest BCUT2D eigenvalue weighted by molar-refractivity contribution is 0.197. The van der Waals surface area contributed by atoms with Crippen molar-refractivity contribution >= 4 is 21.7 Å². The maximum atomic E-state index is 13.8. The molecule has 0 N–H and O–H groups in total. The van der Waals surface area contributed by atoms with E-state index >= 15 is 0 Å². The minimum absolute atomic E-state index is 0.208. The van der Waals surface area contributed by atoms with Gasteiger partial charge in [-0.05, 0) is 66.0 Å². The Morgan fingerprint density at radius 3 is 3.04 bits per heavy atom. The van der Waals surface area contributed by atoms with Crippen molar-refractivity contribution in [3.63, 3.8) is 0 Å². The van der Waals surface area contributed by atoms with Crippen LogP contribution in [0.5, 0.6) is 0 Å². The molecule has 0 bridgehead atoms. The van der Waals surface area contributed by atoms with Gasteiger partial charge in [-0.15, -0.1) is 0 Å². The van der Waals surface area contributed by atoms with Crippen LogP contribution in [0, 0.1) is 12.7 Å². The number of rotatable bonds is 3. The molecule has 3 aromatic rings. The monoisotopic (exact) mass is 403 g/mol. The van der Waals surface area contributed by atoms with Crippen molar-refractivity contribution in [2.45, 2.75) is 32.2 Å². The van der Waals surface area contributed by atoms with Crippen molar-refractivity contribution in [1.29, 1.82) is 0 Å². The molecule has 4 rings (SSSR count). The van der Waals surface area contributed by atoms with Crippen LogP contribution in [0.1, 0.15) is 35.7 Å². The van der Waals surface area contributed by atoms with E-state index in [1.807, 2.05) is 17.5 Å². The largest absolute Gasteiger partial charge is 0.298 e. The zero-order valence-electron chi connectivity index (χ0n) is 14.0. The first-order chi connectivity index (χ1) is 12.1. The maximum absolute atomic E-state index is 13.8. The topological polar surface area (TPSA) is 46.3 Å². The molecule has 130 valence electrons. The summed E-state index contributed by atoms with van der Waals surface area (Å²) in [7, 11) is 0. The number of benzene rings is 1. The van der Waals surface area contributed by atoms with Crippen molar-refractivity contribution in [3.8, 4) is 0 Å². The summed E-state index contributed by atoms with van der Waals surface area (Å²) in [4.78, 5) is 11.0. The Morgan fingerprint density at radius 2 is 2.20 bits per heavy atom. The molecule has 0 amide bonds. The third-order valence-corrected chi connectivity index (χ3v) is 5.36. The Bertz CT molecular complexity index is 910. The molecule has 0 saturated carbocycles. The molecule has 1 unspecified atom stereocenters. The molecule has 3 heterocycles. The normalized spacial score (nSPS) is 18.8. The number of piperidine rings is 1. The number of aromatic nitrogens is 4. The molecule has 1 saturated heterocycles. The van der Waals surface area contributed by atoms with Crippen LogP contribution in [-0.4, -0.2) is 37.6 Å². The average molecular weight is 404 g/mol. The third kappa shape index (κ3) is 3.43. The van der Waals surface area contributed by atoms with E-state index in [-0.39, 0.29) is 5.82 Å². The van der Waals surface area contributed by atoms with Crippen LogP contribution in [0.3, 0.4) is 0 Å². The number of likely N-dealkylation sites (tertiary alicyclic amines) is 1. The van der Waals surface area contributed by atoms with Crippen LogP contribution in [-0.2, 0) is 6.54 Å². The lowest BCUT2D eigenvalue weighted by Crippen LogP contribution is -2.34. The molecule has 0 aliphatic carbocycles. The van der Waals surface area contributed by atoms with Gasteiger partial charge in [0.25, 0.3) is 5.78 Å². The molecule has 0 radical (unpaired) electrons. The van der Waals surface area contributed by atoms with E-state index in [4.69, 9.17) is 0 Å². The first-order valence-electron chi connectivity index (χ1n) is 8.44. The van der Waals surface area contributed by atoms with Gasteiger partial charge in [-0.1, -0.05) is 6.07 Å². The summed E-state index contributed by atoms with van der Waals surface area (Å²) in [5.41, 5.74) is 3.12. The van der Waals surface area contributed by atoms with Crippen LogP contribution in [0.2, 0.25) is 0 Å². The minimum Gasteiger partial charge on any atom is -0.298 e. The minimum atomic E-state index is -0.208. The zero-order chi connectivity index (χ0) is 17.4. The van der Waals surface area contributed by atoms with Crippen LogP contribution >= 0.6 is 15.9 Å². The lowest BCUT2D eigenvalue weighted by Gasteiger charge is -2.33. The average Bonchev–Trinajstić information content (AvgIpc) is 3.06. The Kier molecular flexibility index (Phi) is 4.52. The summed E-state index contributed by atoms with van der Waals surface area (Å²) in [6.45, 7) is 4.70. The fourth-order valence-electron chi connectivity index (χ4n) is 3.59. The van der Waals surface area contributed by atoms with Crippen LogP contribution in [0.25, 0.3) is 5.78 Å². The van der Waals surface area contributed by atoms with Gasteiger partial charge >= 0.3 is 0 Å². The number of fused-ring (bicyclic) bond motifs is 1. The number of hydrogen-bond acceptors (Lipinski definition) is 4. The fourth-order valence-corrected chi connectivity index (χ4v) is 3.83. The number of aryl methyl sites for hydroxylation is 1. The molecule has 1 atom stereocenters. The van der Waals surface area contributed by atoms with E-state index < -0.39 is 0 Å². The molecule has 1 aliphatic heterocycles. The van der Waals surface area contributed by atoms with E-state index in [0.717, 1.165) is 49.4 Å². The van der Waals surface area contributed by atoms with Gasteiger partial charge in [-0.3, -0.25) is 4.90 Å². The fraction of sp³-hybridized carbons (Fsp3) is 0.389. The molecule has 1 aliphatic rings. The van der Waals surface area contributed by atoms with E-state index in [0.29, 0.717) is 16.2 Å². The van der Waals surface area contributed by atoms with Gasteiger partial charge in [-0.2, -0.15) is 10.1 Å². The molecule has 0 spiro atoms. The zero-order valence-corrected chi connectivity index (χ0v) is 15.6. The third-order valence-electron chi connectivity index (χ3n) is 4.72. The summed E-state index contributed by atoms with van der Waals surface area (Å²) in [5.74, 6) is 0.821. The van der Waals surface area contributed by atoms with Gasteiger partial charge in [0.2, 0.25) is 0 Å². The Hall–Kier alpha value is -1.86. The summed E-state index contributed by atoms with van der Waals surface area (Å²) in [5, 5.41) is 4.34. The van der Waals surface area contributed by atoms with Gasteiger partial charge < -0.3 is 0 Å². The molecule has 7 heteroatoms. The van der Waals surface area contributed by atoms with E-state index in [1.165, 1.54) is 0 Å². The van der Waals surface area contributed by atoms with Crippen LogP contribution < -0.4 is 0 Å². The van der Waals surface area contributed by atoms with Crippen molar-refractivity contribution in [2.24, 2.45) is 0 Å². The number of hydrogen-bond donors (Lipinski definition) is 0. The van der Waals surface area contributed by atoms with Gasteiger partial charge in [0.1, 0.15) is 12.1 Å². The second kappa shape index (κ2) is 6.80. The molecule has 25 heavy (non-hydrogen) atoms. The highest BCUT2D eigenvalue weighted by Crippen LogP contribution is 2.28. The molecule has 1 fully saturated rings. The Labute approximate surface area is 154 Å². The standard InChI is InChI=1S/C18H19BrFN5/c1-12-7-17(25-18(23-12)21-11-22-25)14-3-2-6-24(10-14)9-13-4-5-15(19)16(20)8-13/h4-5,7-8,11,14H,2-3,6,9-10H2,1H3. The second-order valence-corrected chi connectivity index (χ2v) is 7.47. The van der Waals surface area contributed by atoms with E-state index in [1.54, 1.807) is 18.5 Å². The number of nitrogens with zero attached hydrogens (tertiary/aromatic N) is 5. The van der Waals surface area contributed by atoms with E-state index in [9.17, 15) is 4.39 Å². The van der Waals surface area contributed by atoms with Gasteiger partial charge in [0.05, 0.1) is 10.2 Å². The molecule has 2 aromatic heterocycles. The smallest absolute Gasteiger partial charge is 0.252 e. The first kappa shape index (κ1) is 16.6. The molecular formula is C18H19BrFN5. The summed E-state index contributed by atoms with van der Waals surface area (Å²) >= 11 is 3.21. The van der Waals surface area contributed by atoms with Crippen LogP contribution in [0.4, 0.5) is 4.39 Å². The van der Waals surface area contributed by atoms with Gasteiger partial charge in [0.15, 0.2) is 0 Å². The first-order valence-corrected chi connectivity index (χ1v) is 9.23. The summed E-state index contributed by atoms with van der Waals surface area (Å²) in [6, 6.07) is 7.47. The molecule has 1 aromatic carbocycles. The van der Waals surface area contributed by atoms with Crippen molar-refractivity contribution in [3.05, 3.63) is 57.8 Å². The second-order valence-electron chi connectivity index (χ2n) is 6.62. The molecule has 5 nitrogen and oxygen atoms in total. The lowest BCUT2D eigenvalue weighted by atomic mass is 9.93. The van der Waals surface area contributed by atoms with Gasteiger partial charge in [-0.25, -0.2) is 13.9 Å². The Balaban J connectivity index is 1.56. The SMILES string of the molecule is Cc1cc(C2CCCN(Cc3ccc(Br)c(F)c3)C2)n2ncnc2n1. The summed E-state index contributed by atoms with van der Waals surface area (Å²) in [6.07, 6.45) is 3.78. The maximum Gasteiger partial charge on any atom is 0.252 e. The predicted molar refractivity (Wildman–Crippen MR) is 96.9 cm³/mol.